The number of furan rings is 1. The van der Waals surface area contributed by atoms with Gasteiger partial charge in [-0.05, 0) is 35.6 Å². The molecule has 108 valence electrons. The van der Waals surface area contributed by atoms with Crippen molar-refractivity contribution in [2.45, 2.75) is 19.9 Å². The van der Waals surface area contributed by atoms with Crippen LogP contribution in [0.2, 0.25) is 0 Å². The van der Waals surface area contributed by atoms with Crippen LogP contribution in [0.1, 0.15) is 28.8 Å². The fourth-order valence-electron chi connectivity index (χ4n) is 2.58. The van der Waals surface area contributed by atoms with Gasteiger partial charge in [0.05, 0.1) is 12.1 Å². The van der Waals surface area contributed by atoms with Gasteiger partial charge in [-0.1, -0.05) is 25.1 Å². The lowest BCUT2D eigenvalue weighted by molar-refractivity contribution is 0.0924. The minimum atomic E-state index is -0.423. The molecular formula is C16H17N3O2. The molecule has 2 aromatic heterocycles. The lowest BCUT2D eigenvalue weighted by atomic mass is 10.1. The summed E-state index contributed by atoms with van der Waals surface area (Å²) in [4.78, 5) is 11.4. The molecule has 0 fully saturated rings. The van der Waals surface area contributed by atoms with Gasteiger partial charge in [-0.2, -0.15) is 0 Å². The molecule has 0 bridgehead atoms. The van der Waals surface area contributed by atoms with E-state index in [9.17, 15) is 4.79 Å². The van der Waals surface area contributed by atoms with E-state index in [2.05, 4.69) is 41.2 Å². The lowest BCUT2D eigenvalue weighted by Gasteiger charge is -2.07. The molecular weight excluding hydrogens is 266 g/mol. The number of hydrogen-bond donors (Lipinski definition) is 2. The van der Waals surface area contributed by atoms with Crippen LogP contribution in [0.25, 0.3) is 10.9 Å². The first-order chi connectivity index (χ1) is 10.2. The number of benzene rings is 1. The summed E-state index contributed by atoms with van der Waals surface area (Å²) >= 11 is 0. The molecule has 5 heteroatoms. The molecule has 0 saturated carbocycles. The van der Waals surface area contributed by atoms with Gasteiger partial charge >= 0.3 is 5.91 Å². The van der Waals surface area contributed by atoms with Crippen molar-refractivity contribution in [3.05, 3.63) is 59.7 Å². The molecule has 21 heavy (non-hydrogen) atoms. The van der Waals surface area contributed by atoms with Gasteiger partial charge in [0, 0.05) is 6.20 Å². The first kappa shape index (κ1) is 13.5. The smallest absolute Gasteiger partial charge is 0.300 e. The number of carbonyl (C=O) groups excluding carboxylic acids is 1. The zero-order valence-electron chi connectivity index (χ0n) is 11.8. The standard InChI is InChI=1S/C16H17N3O2/c1-2-11-4-3-5-12-8-9-19(15(11)12)10-13-6-7-14(21-13)16(20)18-17/h3-9H,2,10,17H2,1H3,(H,18,20). The maximum atomic E-state index is 11.4. The van der Waals surface area contributed by atoms with Crippen molar-refractivity contribution < 1.29 is 9.21 Å². The van der Waals surface area contributed by atoms with E-state index in [1.165, 1.54) is 16.5 Å². The Morgan fingerprint density at radius 2 is 2.14 bits per heavy atom. The van der Waals surface area contributed by atoms with Crippen molar-refractivity contribution in [2.75, 3.05) is 0 Å². The number of aromatic nitrogens is 1. The number of nitrogen functional groups attached to an aromatic ring is 1. The molecule has 0 spiro atoms. The van der Waals surface area contributed by atoms with Gasteiger partial charge in [-0.25, -0.2) is 5.84 Å². The fourth-order valence-corrected chi connectivity index (χ4v) is 2.58. The van der Waals surface area contributed by atoms with Crippen LogP contribution in [-0.4, -0.2) is 10.5 Å². The predicted molar refractivity (Wildman–Crippen MR) is 80.8 cm³/mol. The number of hydrogen-bond acceptors (Lipinski definition) is 3. The van der Waals surface area contributed by atoms with Crippen molar-refractivity contribution in [3.63, 3.8) is 0 Å². The second kappa shape index (κ2) is 5.46. The van der Waals surface area contributed by atoms with Gasteiger partial charge in [0.15, 0.2) is 5.76 Å². The first-order valence-corrected chi connectivity index (χ1v) is 6.89. The molecule has 0 aliphatic carbocycles. The zero-order valence-corrected chi connectivity index (χ0v) is 11.8. The van der Waals surface area contributed by atoms with Crippen LogP contribution in [0.5, 0.6) is 0 Å². The Bertz CT molecular complexity index is 786. The van der Waals surface area contributed by atoms with Gasteiger partial charge in [0.1, 0.15) is 5.76 Å². The molecule has 0 atom stereocenters. The molecule has 0 aliphatic heterocycles. The van der Waals surface area contributed by atoms with E-state index in [1.807, 2.05) is 6.20 Å². The molecule has 0 aliphatic rings. The number of aryl methyl sites for hydroxylation is 1. The van der Waals surface area contributed by atoms with Crippen molar-refractivity contribution in [2.24, 2.45) is 5.84 Å². The molecule has 1 aromatic carbocycles. The van der Waals surface area contributed by atoms with Crippen LogP contribution in [0.4, 0.5) is 0 Å². The van der Waals surface area contributed by atoms with Gasteiger partial charge in [0.25, 0.3) is 0 Å². The van der Waals surface area contributed by atoms with E-state index >= 15 is 0 Å². The Morgan fingerprint density at radius 3 is 2.90 bits per heavy atom. The number of nitrogens with zero attached hydrogens (tertiary/aromatic N) is 1. The molecule has 0 saturated heterocycles. The van der Waals surface area contributed by atoms with Crippen LogP contribution in [0, 0.1) is 0 Å². The molecule has 5 nitrogen and oxygen atoms in total. The summed E-state index contributed by atoms with van der Waals surface area (Å²) in [5.74, 6) is 5.61. The first-order valence-electron chi connectivity index (χ1n) is 6.89. The van der Waals surface area contributed by atoms with Crippen LogP contribution in [-0.2, 0) is 13.0 Å². The molecule has 1 amide bonds. The van der Waals surface area contributed by atoms with Gasteiger partial charge < -0.3 is 8.98 Å². The third-order valence-corrected chi connectivity index (χ3v) is 3.60. The van der Waals surface area contributed by atoms with Crippen LogP contribution < -0.4 is 11.3 Å². The van der Waals surface area contributed by atoms with Crippen molar-refractivity contribution in [1.29, 1.82) is 0 Å². The van der Waals surface area contributed by atoms with Gasteiger partial charge in [-0.15, -0.1) is 0 Å². The number of rotatable bonds is 4. The number of para-hydroxylation sites is 1. The molecule has 3 N–H and O–H groups in total. The molecule has 3 aromatic rings. The van der Waals surface area contributed by atoms with Crippen LogP contribution in [0.3, 0.4) is 0 Å². The normalized spacial score (nSPS) is 11.0. The van der Waals surface area contributed by atoms with E-state index < -0.39 is 5.91 Å². The van der Waals surface area contributed by atoms with Crippen molar-refractivity contribution >= 4 is 16.8 Å². The minimum Gasteiger partial charge on any atom is -0.454 e. The Morgan fingerprint density at radius 1 is 1.29 bits per heavy atom. The Balaban J connectivity index is 1.95. The highest BCUT2D eigenvalue weighted by molar-refractivity contribution is 5.91. The molecule has 2 heterocycles. The van der Waals surface area contributed by atoms with E-state index in [4.69, 9.17) is 10.3 Å². The minimum absolute atomic E-state index is 0.222. The van der Waals surface area contributed by atoms with Crippen LogP contribution >= 0.6 is 0 Å². The number of hydrazine groups is 1. The zero-order chi connectivity index (χ0) is 14.8. The number of amides is 1. The summed E-state index contributed by atoms with van der Waals surface area (Å²) in [5, 5.41) is 1.21. The van der Waals surface area contributed by atoms with Crippen molar-refractivity contribution in [1.82, 2.24) is 9.99 Å². The van der Waals surface area contributed by atoms with E-state index in [-0.39, 0.29) is 5.76 Å². The lowest BCUT2D eigenvalue weighted by Crippen LogP contribution is -2.29. The SMILES string of the molecule is CCc1cccc2ccn(Cc3ccc(C(=O)NN)o3)c12. The highest BCUT2D eigenvalue weighted by atomic mass is 16.4. The topological polar surface area (TPSA) is 73.2 Å². The Labute approximate surface area is 122 Å². The summed E-state index contributed by atoms with van der Waals surface area (Å²) in [6, 6.07) is 11.8. The van der Waals surface area contributed by atoms with Gasteiger partial charge in [0.2, 0.25) is 0 Å². The monoisotopic (exact) mass is 283 g/mol. The highest BCUT2D eigenvalue weighted by Crippen LogP contribution is 2.22. The quantitative estimate of drug-likeness (QED) is 0.439. The third kappa shape index (κ3) is 2.43. The second-order valence-electron chi connectivity index (χ2n) is 4.89. The van der Waals surface area contributed by atoms with E-state index in [1.54, 1.807) is 12.1 Å². The number of nitrogens with two attached hydrogens (primary N) is 1. The summed E-state index contributed by atoms with van der Waals surface area (Å²) in [6.07, 6.45) is 3.01. The average molecular weight is 283 g/mol. The predicted octanol–water partition coefficient (Wildman–Crippen LogP) is 2.45. The Hall–Kier alpha value is -2.53. The highest BCUT2D eigenvalue weighted by Gasteiger charge is 2.11. The maximum Gasteiger partial charge on any atom is 0.300 e. The number of nitrogens with one attached hydrogen (secondary N) is 1. The summed E-state index contributed by atoms with van der Waals surface area (Å²) in [5.41, 5.74) is 4.57. The summed E-state index contributed by atoms with van der Waals surface area (Å²) < 4.78 is 7.66. The molecule has 0 radical (unpaired) electrons. The summed E-state index contributed by atoms with van der Waals surface area (Å²) in [7, 11) is 0. The molecule has 3 rings (SSSR count). The molecule has 0 unspecified atom stereocenters. The number of carbonyl (C=O) groups is 1. The number of fused-ring (bicyclic) bond motifs is 1. The third-order valence-electron chi connectivity index (χ3n) is 3.60. The largest absolute Gasteiger partial charge is 0.454 e. The van der Waals surface area contributed by atoms with E-state index in [0.717, 1.165) is 12.2 Å². The van der Waals surface area contributed by atoms with Gasteiger partial charge in [-0.3, -0.25) is 10.2 Å². The van der Waals surface area contributed by atoms with Crippen LogP contribution in [0.15, 0.2) is 47.0 Å². The second-order valence-corrected chi connectivity index (χ2v) is 4.89. The van der Waals surface area contributed by atoms with E-state index in [0.29, 0.717) is 6.54 Å². The fraction of sp³-hybridized carbons (Fsp3) is 0.188. The maximum absolute atomic E-state index is 11.4. The Kier molecular flexibility index (Phi) is 3.50. The summed E-state index contributed by atoms with van der Waals surface area (Å²) in [6.45, 7) is 2.72. The van der Waals surface area contributed by atoms with Crippen molar-refractivity contribution in [3.8, 4) is 0 Å². The average Bonchev–Trinajstić information content (AvgIpc) is 3.14.